The van der Waals surface area contributed by atoms with Crippen molar-refractivity contribution in [3.8, 4) is 0 Å². The van der Waals surface area contributed by atoms with Crippen molar-refractivity contribution in [3.63, 3.8) is 0 Å². The maximum atomic E-state index is 12.2. The van der Waals surface area contributed by atoms with Crippen LogP contribution in [0, 0.1) is 17.8 Å². The maximum Gasteiger partial charge on any atom is 0.410 e. The summed E-state index contributed by atoms with van der Waals surface area (Å²) in [5.41, 5.74) is 0. The largest absolute Gasteiger partial charge is 0.481 e. The van der Waals surface area contributed by atoms with E-state index in [4.69, 9.17) is 14.6 Å². The van der Waals surface area contributed by atoms with E-state index in [1.165, 1.54) is 0 Å². The number of aliphatic carboxylic acids is 1. The van der Waals surface area contributed by atoms with Crippen LogP contribution in [0.4, 0.5) is 4.79 Å². The average molecular weight is 383 g/mol. The van der Waals surface area contributed by atoms with Crippen molar-refractivity contribution in [2.75, 3.05) is 6.54 Å². The Morgan fingerprint density at radius 2 is 1.67 bits per heavy atom. The van der Waals surface area contributed by atoms with E-state index < -0.39 is 18.4 Å². The van der Waals surface area contributed by atoms with Crippen LogP contribution >= 0.6 is 0 Å². The highest BCUT2D eigenvalue weighted by Crippen LogP contribution is 2.30. The van der Waals surface area contributed by atoms with Crippen molar-refractivity contribution >= 4 is 18.0 Å². The van der Waals surface area contributed by atoms with Crippen LogP contribution in [0.1, 0.15) is 77.6 Å². The summed E-state index contributed by atoms with van der Waals surface area (Å²) in [6.07, 6.45) is 7.60. The van der Waals surface area contributed by atoms with Gasteiger partial charge in [0.2, 0.25) is 0 Å². The molecule has 2 aliphatic carbocycles. The van der Waals surface area contributed by atoms with Gasteiger partial charge >= 0.3 is 18.0 Å². The van der Waals surface area contributed by atoms with Crippen LogP contribution in [0.2, 0.25) is 0 Å². The number of alkyl carbamates (subject to hydrolysis) is 1. The highest BCUT2D eigenvalue weighted by molar-refractivity contribution is 5.71. The number of esters is 1. The molecule has 2 saturated carbocycles. The molecule has 2 aliphatic rings. The molecule has 0 saturated heterocycles. The van der Waals surface area contributed by atoms with Gasteiger partial charge in [0.25, 0.3) is 6.29 Å². The summed E-state index contributed by atoms with van der Waals surface area (Å²) >= 11 is 0. The molecule has 2 fully saturated rings. The Morgan fingerprint density at radius 3 is 2.26 bits per heavy atom. The van der Waals surface area contributed by atoms with Gasteiger partial charge < -0.3 is 19.9 Å². The molecule has 0 bridgehead atoms. The Hall–Kier alpha value is -1.79. The van der Waals surface area contributed by atoms with E-state index in [1.54, 1.807) is 0 Å². The molecule has 7 nitrogen and oxygen atoms in total. The van der Waals surface area contributed by atoms with E-state index >= 15 is 0 Å². The first kappa shape index (κ1) is 21.5. The minimum Gasteiger partial charge on any atom is -0.481 e. The lowest BCUT2D eigenvalue weighted by molar-refractivity contribution is -0.179. The zero-order chi connectivity index (χ0) is 19.6. The number of nitrogens with one attached hydrogen (secondary N) is 1. The number of carboxylic acid groups (broad SMARTS) is 1. The van der Waals surface area contributed by atoms with Crippen LogP contribution in [-0.2, 0) is 19.1 Å². The zero-order valence-electron chi connectivity index (χ0n) is 16.3. The van der Waals surface area contributed by atoms with E-state index in [9.17, 15) is 14.4 Å². The predicted octanol–water partition coefficient (Wildman–Crippen LogP) is 3.85. The molecule has 7 heteroatoms. The number of carbonyl (C=O) groups excluding carboxylic acids is 2. The quantitative estimate of drug-likeness (QED) is 0.487. The highest BCUT2D eigenvalue weighted by atomic mass is 16.7. The lowest BCUT2D eigenvalue weighted by Gasteiger charge is -2.30. The molecule has 154 valence electrons. The molecule has 0 aromatic carbocycles. The van der Waals surface area contributed by atoms with Gasteiger partial charge in [-0.2, -0.15) is 0 Å². The Morgan fingerprint density at radius 1 is 1.00 bits per heavy atom. The van der Waals surface area contributed by atoms with Crippen LogP contribution < -0.4 is 5.32 Å². The van der Waals surface area contributed by atoms with Crippen molar-refractivity contribution in [1.29, 1.82) is 0 Å². The second-order valence-corrected chi connectivity index (χ2v) is 7.85. The van der Waals surface area contributed by atoms with Crippen LogP contribution in [0.25, 0.3) is 0 Å². The van der Waals surface area contributed by atoms with E-state index in [-0.39, 0.29) is 23.7 Å². The summed E-state index contributed by atoms with van der Waals surface area (Å²) in [4.78, 5) is 35.1. The monoisotopic (exact) mass is 383 g/mol. The van der Waals surface area contributed by atoms with Crippen molar-refractivity contribution in [3.05, 3.63) is 0 Å². The smallest absolute Gasteiger partial charge is 0.410 e. The molecule has 1 amide bonds. The summed E-state index contributed by atoms with van der Waals surface area (Å²) < 4.78 is 10.9. The fraction of sp³-hybridized carbons (Fsp3) is 0.850. The minimum absolute atomic E-state index is 0.0660. The molecule has 0 heterocycles. The lowest BCUT2D eigenvalue weighted by Crippen LogP contribution is -2.39. The molecule has 1 atom stereocenters. The normalized spacial score (nSPS) is 24.6. The summed E-state index contributed by atoms with van der Waals surface area (Å²) in [7, 11) is 0. The van der Waals surface area contributed by atoms with Crippen LogP contribution in [0.5, 0.6) is 0 Å². The van der Waals surface area contributed by atoms with E-state index in [2.05, 4.69) is 5.32 Å². The molecule has 0 radical (unpaired) electrons. The molecule has 27 heavy (non-hydrogen) atoms. The van der Waals surface area contributed by atoms with Gasteiger partial charge in [0.1, 0.15) is 0 Å². The number of amides is 1. The summed E-state index contributed by atoms with van der Waals surface area (Å²) in [5, 5.41) is 11.8. The highest BCUT2D eigenvalue weighted by Gasteiger charge is 2.31. The van der Waals surface area contributed by atoms with Crippen LogP contribution in [-0.4, -0.2) is 36.0 Å². The van der Waals surface area contributed by atoms with Gasteiger partial charge in [-0.05, 0) is 50.9 Å². The molecule has 0 aliphatic heterocycles. The summed E-state index contributed by atoms with van der Waals surface area (Å²) in [5.74, 6) is -0.986. The van der Waals surface area contributed by atoms with Gasteiger partial charge in [-0.25, -0.2) is 4.79 Å². The van der Waals surface area contributed by atoms with Gasteiger partial charge in [0, 0.05) is 18.9 Å². The van der Waals surface area contributed by atoms with Gasteiger partial charge in [0.05, 0.1) is 5.92 Å². The summed E-state index contributed by atoms with van der Waals surface area (Å²) in [6, 6.07) is 0. The minimum atomic E-state index is -0.813. The van der Waals surface area contributed by atoms with E-state index in [1.807, 2.05) is 6.92 Å². The first-order chi connectivity index (χ1) is 13.0. The molecular formula is C20H33NO6. The first-order valence-electron chi connectivity index (χ1n) is 10.4. The van der Waals surface area contributed by atoms with E-state index in [0.717, 1.165) is 44.9 Å². The molecule has 1 unspecified atom stereocenters. The number of hydrogen-bond acceptors (Lipinski definition) is 5. The second-order valence-electron chi connectivity index (χ2n) is 7.85. The Bertz CT molecular complexity index is 495. The third-order valence-electron chi connectivity index (χ3n) is 5.69. The van der Waals surface area contributed by atoms with Gasteiger partial charge in [-0.15, -0.1) is 0 Å². The molecule has 2 N–H and O–H groups in total. The average Bonchev–Trinajstić information content (AvgIpc) is 2.67. The van der Waals surface area contributed by atoms with Gasteiger partial charge in [0.15, 0.2) is 0 Å². The molecule has 2 rings (SSSR count). The number of rotatable bonds is 8. The molecule has 0 aromatic heterocycles. The fourth-order valence-corrected chi connectivity index (χ4v) is 4.00. The third-order valence-corrected chi connectivity index (χ3v) is 5.69. The standard InChI is InChI=1S/C20H33NO6/c1-2-6-17(22)26-19(16-7-4-3-5-8-16)27-20(25)21-13-14-9-11-15(12-10-14)18(23)24/h14-16,19H,2-13H2,1H3,(H,21,25)(H,23,24). The van der Waals surface area contributed by atoms with Crippen LogP contribution in [0.15, 0.2) is 0 Å². The topological polar surface area (TPSA) is 102 Å². The number of carbonyl (C=O) groups is 3. The molecule has 0 aromatic rings. The van der Waals surface area contributed by atoms with Crippen molar-refractivity contribution in [1.82, 2.24) is 5.32 Å². The van der Waals surface area contributed by atoms with Crippen molar-refractivity contribution < 1.29 is 29.0 Å². The van der Waals surface area contributed by atoms with E-state index in [0.29, 0.717) is 32.2 Å². The van der Waals surface area contributed by atoms with Crippen molar-refractivity contribution in [2.45, 2.75) is 83.8 Å². The second kappa shape index (κ2) is 11.1. The number of ether oxygens (including phenoxy) is 2. The zero-order valence-corrected chi connectivity index (χ0v) is 16.3. The van der Waals surface area contributed by atoms with Gasteiger partial charge in [-0.1, -0.05) is 26.2 Å². The Balaban J connectivity index is 1.78. The third kappa shape index (κ3) is 7.39. The Kier molecular flexibility index (Phi) is 8.88. The summed E-state index contributed by atoms with van der Waals surface area (Å²) in [6.45, 7) is 2.37. The lowest BCUT2D eigenvalue weighted by atomic mass is 9.82. The van der Waals surface area contributed by atoms with Crippen LogP contribution in [0.3, 0.4) is 0 Å². The fourth-order valence-electron chi connectivity index (χ4n) is 4.00. The molecular weight excluding hydrogens is 350 g/mol. The maximum absolute atomic E-state index is 12.2. The number of hydrogen-bond donors (Lipinski definition) is 2. The first-order valence-corrected chi connectivity index (χ1v) is 10.4. The predicted molar refractivity (Wildman–Crippen MR) is 98.9 cm³/mol. The van der Waals surface area contributed by atoms with Crippen molar-refractivity contribution in [2.24, 2.45) is 17.8 Å². The number of carboxylic acids is 1. The van der Waals surface area contributed by atoms with Gasteiger partial charge in [-0.3, -0.25) is 9.59 Å². The SMILES string of the molecule is CCCC(=O)OC(OC(=O)NCC1CCC(C(=O)O)CC1)C1CCCCC1. The Labute approximate surface area is 161 Å². The molecule has 0 spiro atoms.